The van der Waals surface area contributed by atoms with Crippen molar-refractivity contribution in [1.82, 2.24) is 0 Å². The molecule has 1 heterocycles. The zero-order chi connectivity index (χ0) is 15.5. The summed E-state index contributed by atoms with van der Waals surface area (Å²) in [6.45, 7) is 0. The van der Waals surface area contributed by atoms with Gasteiger partial charge in [0, 0.05) is 12.0 Å². The molecule has 0 N–H and O–H groups in total. The van der Waals surface area contributed by atoms with Gasteiger partial charge in [-0.2, -0.15) is 0 Å². The third-order valence-electron chi connectivity index (χ3n) is 4.08. The molecule has 0 saturated carbocycles. The summed E-state index contributed by atoms with van der Waals surface area (Å²) < 4.78 is 0. The summed E-state index contributed by atoms with van der Waals surface area (Å²) in [7, 11) is 0. The van der Waals surface area contributed by atoms with Crippen LogP contribution < -0.4 is 0 Å². The Bertz CT molecular complexity index is 880. The second-order valence-electron chi connectivity index (χ2n) is 5.72. The van der Waals surface area contributed by atoms with Crippen LogP contribution in [0.3, 0.4) is 0 Å². The highest BCUT2D eigenvalue weighted by molar-refractivity contribution is 6.04. The van der Waals surface area contributed by atoms with Gasteiger partial charge in [0.25, 0.3) is 0 Å². The first-order chi connectivity index (χ1) is 11.4. The van der Waals surface area contributed by atoms with Crippen molar-refractivity contribution in [3.8, 4) is 0 Å². The van der Waals surface area contributed by atoms with E-state index in [0.29, 0.717) is 0 Å². The van der Waals surface area contributed by atoms with E-state index in [1.54, 1.807) is 0 Å². The van der Waals surface area contributed by atoms with Crippen molar-refractivity contribution in [3.05, 3.63) is 90.0 Å². The molecule has 3 aromatic rings. The molecule has 0 radical (unpaired) electrons. The van der Waals surface area contributed by atoms with Gasteiger partial charge in [0.15, 0.2) is 6.10 Å². The molecule has 0 amide bonds. The lowest BCUT2D eigenvalue weighted by Crippen LogP contribution is -2.04. The van der Waals surface area contributed by atoms with Gasteiger partial charge in [0.05, 0.1) is 5.71 Å². The first-order valence-electron chi connectivity index (χ1n) is 7.84. The summed E-state index contributed by atoms with van der Waals surface area (Å²) in [4.78, 5) is 5.55. The molecule has 0 saturated heterocycles. The third-order valence-corrected chi connectivity index (χ3v) is 4.08. The molecule has 2 nitrogen and oxygen atoms in total. The molecule has 3 aromatic carbocycles. The van der Waals surface area contributed by atoms with E-state index in [-0.39, 0.29) is 6.10 Å². The van der Waals surface area contributed by atoms with Crippen LogP contribution in [0.5, 0.6) is 0 Å². The average molecular weight is 299 g/mol. The number of rotatable bonds is 3. The number of nitrogens with zero attached hydrogens (tertiary/aromatic N) is 1. The minimum Gasteiger partial charge on any atom is -0.388 e. The number of hydrogen-bond acceptors (Lipinski definition) is 2. The highest BCUT2D eigenvalue weighted by Crippen LogP contribution is 2.22. The maximum atomic E-state index is 5.55. The molecule has 2 heteroatoms. The summed E-state index contributed by atoms with van der Waals surface area (Å²) in [5.74, 6) is 0. The molecule has 4 rings (SSSR count). The van der Waals surface area contributed by atoms with Crippen LogP contribution in [-0.2, 0) is 4.84 Å². The number of oxime groups is 1. The van der Waals surface area contributed by atoms with Crippen molar-refractivity contribution in [1.29, 1.82) is 0 Å². The predicted octanol–water partition coefficient (Wildman–Crippen LogP) is 5.05. The van der Waals surface area contributed by atoms with Crippen LogP contribution in [-0.4, -0.2) is 11.8 Å². The van der Waals surface area contributed by atoms with Crippen LogP contribution in [0.1, 0.15) is 17.5 Å². The van der Waals surface area contributed by atoms with E-state index in [0.717, 1.165) is 17.7 Å². The maximum absolute atomic E-state index is 5.55. The highest BCUT2D eigenvalue weighted by Gasteiger charge is 2.19. The summed E-state index contributed by atoms with van der Waals surface area (Å²) in [5, 5.41) is 6.75. The molecule has 0 bridgehead atoms. The van der Waals surface area contributed by atoms with Gasteiger partial charge in [0.1, 0.15) is 0 Å². The summed E-state index contributed by atoms with van der Waals surface area (Å²) >= 11 is 0. The summed E-state index contributed by atoms with van der Waals surface area (Å²) in [6, 6.07) is 25.1. The fourth-order valence-electron chi connectivity index (χ4n) is 2.82. The lowest BCUT2D eigenvalue weighted by atomic mass is 10.0. The van der Waals surface area contributed by atoms with Crippen LogP contribution in [0, 0.1) is 0 Å². The maximum Gasteiger partial charge on any atom is 0.151 e. The zero-order valence-electron chi connectivity index (χ0n) is 12.7. The van der Waals surface area contributed by atoms with E-state index in [9.17, 15) is 0 Å². The van der Waals surface area contributed by atoms with Crippen molar-refractivity contribution in [3.63, 3.8) is 0 Å². The zero-order valence-corrected chi connectivity index (χ0v) is 12.7. The van der Waals surface area contributed by atoms with Gasteiger partial charge in [-0.25, -0.2) is 0 Å². The Hall–Kier alpha value is -2.87. The van der Waals surface area contributed by atoms with Crippen LogP contribution in [0.15, 0.2) is 84.0 Å². The Labute approximate surface area is 135 Å². The Morgan fingerprint density at radius 1 is 0.870 bits per heavy atom. The fourth-order valence-corrected chi connectivity index (χ4v) is 2.82. The molecule has 0 aliphatic carbocycles. The molecule has 0 aromatic heterocycles. The largest absolute Gasteiger partial charge is 0.388 e. The molecule has 1 aliphatic rings. The molecular formula is C21H17NO. The second-order valence-corrected chi connectivity index (χ2v) is 5.72. The highest BCUT2D eigenvalue weighted by atomic mass is 16.6. The predicted molar refractivity (Wildman–Crippen MR) is 95.5 cm³/mol. The van der Waals surface area contributed by atoms with Crippen molar-refractivity contribution in [2.75, 3.05) is 0 Å². The van der Waals surface area contributed by atoms with Gasteiger partial charge in [-0.15, -0.1) is 0 Å². The van der Waals surface area contributed by atoms with Crippen molar-refractivity contribution in [2.24, 2.45) is 5.16 Å². The van der Waals surface area contributed by atoms with E-state index >= 15 is 0 Å². The minimum atomic E-state index is 0.0108. The topological polar surface area (TPSA) is 21.6 Å². The molecule has 112 valence electrons. The minimum absolute atomic E-state index is 0.0108. The SMILES string of the molecule is C(=C\C1CC(c2ccc3ccccc3c2)=NO1)/c1ccccc1. The molecule has 0 spiro atoms. The summed E-state index contributed by atoms with van der Waals surface area (Å²) in [6.07, 6.45) is 4.98. The fraction of sp³-hybridized carbons (Fsp3) is 0.0952. The van der Waals surface area contributed by atoms with E-state index in [1.165, 1.54) is 16.3 Å². The number of benzene rings is 3. The average Bonchev–Trinajstić information content (AvgIpc) is 3.09. The van der Waals surface area contributed by atoms with E-state index in [4.69, 9.17) is 4.84 Å². The van der Waals surface area contributed by atoms with E-state index in [1.807, 2.05) is 18.2 Å². The van der Waals surface area contributed by atoms with E-state index < -0.39 is 0 Å². The lowest BCUT2D eigenvalue weighted by molar-refractivity contribution is 0.120. The lowest BCUT2D eigenvalue weighted by Gasteiger charge is -2.03. The van der Waals surface area contributed by atoms with Crippen molar-refractivity contribution < 1.29 is 4.84 Å². The quantitative estimate of drug-likeness (QED) is 0.663. The van der Waals surface area contributed by atoms with Crippen LogP contribution in [0.2, 0.25) is 0 Å². The Morgan fingerprint density at radius 2 is 1.65 bits per heavy atom. The van der Waals surface area contributed by atoms with Crippen molar-refractivity contribution in [2.45, 2.75) is 12.5 Å². The van der Waals surface area contributed by atoms with Gasteiger partial charge >= 0.3 is 0 Å². The number of fused-ring (bicyclic) bond motifs is 1. The Balaban J connectivity index is 1.49. The molecule has 23 heavy (non-hydrogen) atoms. The monoisotopic (exact) mass is 299 g/mol. The smallest absolute Gasteiger partial charge is 0.151 e. The Kier molecular flexibility index (Phi) is 3.65. The first-order valence-corrected chi connectivity index (χ1v) is 7.84. The van der Waals surface area contributed by atoms with Gasteiger partial charge in [-0.1, -0.05) is 78.0 Å². The molecule has 1 aliphatic heterocycles. The molecule has 1 unspecified atom stereocenters. The van der Waals surface area contributed by atoms with Gasteiger partial charge in [0.2, 0.25) is 0 Å². The normalized spacial score (nSPS) is 17.4. The van der Waals surface area contributed by atoms with Gasteiger partial charge < -0.3 is 4.84 Å². The molecular weight excluding hydrogens is 282 g/mol. The van der Waals surface area contributed by atoms with Crippen LogP contribution in [0.4, 0.5) is 0 Å². The first kappa shape index (κ1) is 13.8. The third kappa shape index (κ3) is 3.02. The van der Waals surface area contributed by atoms with Crippen LogP contribution in [0.25, 0.3) is 16.8 Å². The van der Waals surface area contributed by atoms with Crippen molar-refractivity contribution >= 4 is 22.6 Å². The second kappa shape index (κ2) is 6.09. The Morgan fingerprint density at radius 3 is 2.52 bits per heavy atom. The van der Waals surface area contributed by atoms with Gasteiger partial charge in [-0.3, -0.25) is 0 Å². The number of hydrogen-bond donors (Lipinski definition) is 0. The standard InChI is InChI=1S/C21H17NO/c1-2-6-16(7-3-1)10-13-20-15-21(22-23-20)19-12-11-17-8-4-5-9-18(17)14-19/h1-14,20H,15H2/b13-10+. The van der Waals surface area contributed by atoms with E-state index in [2.05, 4.69) is 71.9 Å². The summed E-state index contributed by atoms with van der Waals surface area (Å²) in [5.41, 5.74) is 3.33. The molecule has 0 fully saturated rings. The molecule has 1 atom stereocenters. The van der Waals surface area contributed by atoms with Gasteiger partial charge in [-0.05, 0) is 28.5 Å². The van der Waals surface area contributed by atoms with Crippen LogP contribution >= 0.6 is 0 Å².